The number of aromatic nitrogens is 2. The van der Waals surface area contributed by atoms with Crippen LogP contribution in [0.3, 0.4) is 0 Å². The second-order valence-corrected chi connectivity index (χ2v) is 6.74. The normalized spacial score (nSPS) is 17.1. The number of hydrogen-bond donors (Lipinski definition) is 2. The fraction of sp³-hybridized carbons (Fsp3) is 0.714. The van der Waals surface area contributed by atoms with Crippen molar-refractivity contribution in [2.24, 2.45) is 17.6 Å². The lowest BCUT2D eigenvalue weighted by molar-refractivity contribution is 0.261. The summed E-state index contributed by atoms with van der Waals surface area (Å²) in [4.78, 5) is 12.5. The lowest BCUT2D eigenvalue weighted by atomic mass is 9.85. The Morgan fingerprint density at radius 3 is 2.75 bits per heavy atom. The molecule has 0 bridgehead atoms. The van der Waals surface area contributed by atoms with Crippen LogP contribution in [-0.4, -0.2) is 22.4 Å². The topological polar surface area (TPSA) is 72.9 Å². The summed E-state index contributed by atoms with van der Waals surface area (Å²) in [6, 6.07) is 0.0820. The van der Waals surface area contributed by atoms with Gasteiger partial charge in [-0.05, 0) is 40.6 Å². The van der Waals surface area contributed by atoms with Gasteiger partial charge in [-0.3, -0.25) is 4.79 Å². The van der Waals surface area contributed by atoms with E-state index in [9.17, 15) is 4.79 Å². The van der Waals surface area contributed by atoms with Gasteiger partial charge >= 0.3 is 0 Å². The molecule has 1 unspecified atom stereocenters. The Labute approximate surface area is 128 Å². The van der Waals surface area contributed by atoms with E-state index in [1.807, 2.05) is 0 Å². The maximum absolute atomic E-state index is 12.5. The molecule has 1 aromatic heterocycles. The van der Waals surface area contributed by atoms with Gasteiger partial charge in [0.05, 0.1) is 10.7 Å². The summed E-state index contributed by atoms with van der Waals surface area (Å²) in [5, 5.41) is 7.49. The van der Waals surface area contributed by atoms with Crippen LogP contribution in [0.1, 0.15) is 33.1 Å². The first-order chi connectivity index (χ1) is 9.52. The van der Waals surface area contributed by atoms with Crippen molar-refractivity contribution in [2.75, 3.05) is 11.9 Å². The van der Waals surface area contributed by atoms with E-state index in [-0.39, 0.29) is 11.6 Å². The molecule has 2 rings (SSSR count). The van der Waals surface area contributed by atoms with Crippen LogP contribution in [0, 0.1) is 11.8 Å². The Balaban J connectivity index is 2.22. The second-order valence-electron chi connectivity index (χ2n) is 5.88. The number of nitrogens with one attached hydrogen (secondary N) is 1. The van der Waals surface area contributed by atoms with Crippen LogP contribution in [0.25, 0.3) is 0 Å². The molecule has 1 saturated carbocycles. The maximum Gasteiger partial charge on any atom is 0.291 e. The number of rotatable bonds is 6. The first-order valence-corrected chi connectivity index (χ1v) is 8.04. The predicted octanol–water partition coefficient (Wildman–Crippen LogP) is 2.20. The fourth-order valence-corrected chi connectivity index (χ4v) is 2.71. The third-order valence-electron chi connectivity index (χ3n) is 4.04. The average molecular weight is 343 g/mol. The Morgan fingerprint density at radius 2 is 2.25 bits per heavy atom. The van der Waals surface area contributed by atoms with Crippen LogP contribution in [-0.2, 0) is 6.54 Å². The standard InChI is InChI=1S/C14H23BrN4O/c1-9(2)12(6-16)18-13-11(15)7-17-19(14(13)20)8-10-4-3-5-10/h7,9-10,12,18H,3-6,8,16H2,1-2H3. The molecule has 6 heteroatoms. The number of nitrogens with zero attached hydrogens (tertiary/aromatic N) is 2. The highest BCUT2D eigenvalue weighted by molar-refractivity contribution is 9.10. The third-order valence-corrected chi connectivity index (χ3v) is 4.64. The summed E-state index contributed by atoms with van der Waals surface area (Å²) in [5.74, 6) is 0.962. The van der Waals surface area contributed by atoms with Crippen molar-refractivity contribution in [1.29, 1.82) is 0 Å². The molecule has 1 aliphatic carbocycles. The zero-order valence-electron chi connectivity index (χ0n) is 12.1. The average Bonchev–Trinajstić information content (AvgIpc) is 2.35. The van der Waals surface area contributed by atoms with Crippen molar-refractivity contribution < 1.29 is 0 Å². The third kappa shape index (κ3) is 3.41. The molecule has 1 fully saturated rings. The van der Waals surface area contributed by atoms with Crippen molar-refractivity contribution in [3.8, 4) is 0 Å². The van der Waals surface area contributed by atoms with Crippen molar-refractivity contribution in [1.82, 2.24) is 9.78 Å². The molecule has 0 aliphatic heterocycles. The van der Waals surface area contributed by atoms with Crippen molar-refractivity contribution in [3.05, 3.63) is 21.0 Å². The highest BCUT2D eigenvalue weighted by Gasteiger charge is 2.21. The number of hydrogen-bond acceptors (Lipinski definition) is 4. The van der Waals surface area contributed by atoms with Crippen LogP contribution in [0.4, 0.5) is 5.69 Å². The summed E-state index contributed by atoms with van der Waals surface area (Å²) in [5.41, 5.74) is 6.28. The van der Waals surface area contributed by atoms with Gasteiger partial charge in [0.25, 0.3) is 5.56 Å². The van der Waals surface area contributed by atoms with Gasteiger partial charge in [0.2, 0.25) is 0 Å². The van der Waals surface area contributed by atoms with Crippen LogP contribution in [0.2, 0.25) is 0 Å². The summed E-state index contributed by atoms with van der Waals surface area (Å²) < 4.78 is 2.27. The highest BCUT2D eigenvalue weighted by atomic mass is 79.9. The van der Waals surface area contributed by atoms with Gasteiger partial charge in [0.1, 0.15) is 5.69 Å². The first kappa shape index (κ1) is 15.5. The molecular weight excluding hydrogens is 320 g/mol. The molecule has 0 radical (unpaired) electrons. The van der Waals surface area contributed by atoms with Crippen molar-refractivity contribution in [3.63, 3.8) is 0 Å². The summed E-state index contributed by atoms with van der Waals surface area (Å²) in [7, 11) is 0. The molecule has 112 valence electrons. The van der Waals surface area contributed by atoms with E-state index >= 15 is 0 Å². The zero-order valence-corrected chi connectivity index (χ0v) is 13.7. The quantitative estimate of drug-likeness (QED) is 0.831. The number of anilines is 1. The number of nitrogens with two attached hydrogens (primary N) is 1. The lowest BCUT2D eigenvalue weighted by Gasteiger charge is -2.26. The predicted molar refractivity (Wildman–Crippen MR) is 84.8 cm³/mol. The van der Waals surface area contributed by atoms with Crippen molar-refractivity contribution >= 4 is 21.6 Å². The van der Waals surface area contributed by atoms with Gasteiger partial charge in [-0.25, -0.2) is 4.68 Å². The summed E-state index contributed by atoms with van der Waals surface area (Å²) in [6.45, 7) is 5.39. The van der Waals surface area contributed by atoms with E-state index in [0.717, 1.165) is 6.54 Å². The minimum atomic E-state index is -0.0645. The zero-order chi connectivity index (χ0) is 14.7. The summed E-state index contributed by atoms with van der Waals surface area (Å²) in [6.07, 6.45) is 5.36. The van der Waals surface area contributed by atoms with Gasteiger partial charge < -0.3 is 11.1 Å². The van der Waals surface area contributed by atoms with Crippen LogP contribution < -0.4 is 16.6 Å². The SMILES string of the molecule is CC(C)C(CN)Nc1c(Br)cnn(CC2CCC2)c1=O. The van der Waals surface area contributed by atoms with E-state index in [1.165, 1.54) is 19.3 Å². The van der Waals surface area contributed by atoms with E-state index < -0.39 is 0 Å². The molecule has 0 saturated heterocycles. The van der Waals surface area contributed by atoms with Crippen molar-refractivity contribution in [2.45, 2.75) is 45.7 Å². The Morgan fingerprint density at radius 1 is 1.55 bits per heavy atom. The molecule has 5 nitrogen and oxygen atoms in total. The van der Waals surface area contributed by atoms with Crippen LogP contribution in [0.15, 0.2) is 15.5 Å². The molecule has 1 heterocycles. The van der Waals surface area contributed by atoms with Gasteiger partial charge in [-0.2, -0.15) is 5.10 Å². The van der Waals surface area contributed by atoms with Gasteiger partial charge in [0.15, 0.2) is 0 Å². The maximum atomic E-state index is 12.5. The lowest BCUT2D eigenvalue weighted by Crippen LogP contribution is -2.38. The monoisotopic (exact) mass is 342 g/mol. The van der Waals surface area contributed by atoms with Crippen LogP contribution >= 0.6 is 15.9 Å². The fourth-order valence-electron chi connectivity index (χ4n) is 2.33. The highest BCUT2D eigenvalue weighted by Crippen LogP contribution is 2.27. The molecule has 1 aliphatic rings. The molecule has 20 heavy (non-hydrogen) atoms. The first-order valence-electron chi connectivity index (χ1n) is 7.25. The minimum Gasteiger partial charge on any atom is -0.375 e. The Hall–Kier alpha value is -0.880. The van der Waals surface area contributed by atoms with E-state index in [2.05, 4.69) is 40.2 Å². The second kappa shape index (κ2) is 6.72. The summed E-state index contributed by atoms with van der Waals surface area (Å²) >= 11 is 3.41. The largest absolute Gasteiger partial charge is 0.375 e. The molecule has 0 amide bonds. The van der Waals surface area contributed by atoms with E-state index in [4.69, 9.17) is 5.73 Å². The molecule has 1 aromatic rings. The molecule has 3 N–H and O–H groups in total. The molecular formula is C14H23BrN4O. The smallest absolute Gasteiger partial charge is 0.291 e. The van der Waals surface area contributed by atoms with Gasteiger partial charge in [0, 0.05) is 19.1 Å². The molecule has 1 atom stereocenters. The molecule has 0 spiro atoms. The minimum absolute atomic E-state index is 0.0645. The Bertz CT molecular complexity index is 510. The molecule has 0 aromatic carbocycles. The number of halogens is 1. The van der Waals surface area contributed by atoms with E-state index in [0.29, 0.717) is 28.5 Å². The van der Waals surface area contributed by atoms with Gasteiger partial charge in [-0.15, -0.1) is 0 Å². The van der Waals surface area contributed by atoms with E-state index in [1.54, 1.807) is 10.9 Å². The van der Waals surface area contributed by atoms with Crippen LogP contribution in [0.5, 0.6) is 0 Å². The van der Waals surface area contributed by atoms with Gasteiger partial charge in [-0.1, -0.05) is 20.3 Å². The Kier molecular flexibility index (Phi) is 5.21.